The van der Waals surface area contributed by atoms with Gasteiger partial charge in [-0.25, -0.2) is 9.97 Å². The van der Waals surface area contributed by atoms with Crippen LogP contribution >= 0.6 is 31.9 Å². The molecule has 2 aromatic carbocycles. The summed E-state index contributed by atoms with van der Waals surface area (Å²) in [4.78, 5) is 9.33. The van der Waals surface area contributed by atoms with Gasteiger partial charge in [-0.3, -0.25) is 4.57 Å². The van der Waals surface area contributed by atoms with E-state index in [1.54, 1.807) is 6.20 Å². The van der Waals surface area contributed by atoms with Crippen molar-refractivity contribution in [1.82, 2.24) is 14.5 Å². The Kier molecular flexibility index (Phi) is 3.75. The summed E-state index contributed by atoms with van der Waals surface area (Å²) in [6.45, 7) is 0. The molecule has 0 aliphatic rings. The van der Waals surface area contributed by atoms with Gasteiger partial charge < -0.3 is 0 Å². The number of imidazole rings is 1. The Bertz CT molecular complexity index is 974. The largest absolute Gasteiger partial charge is 0.277 e. The monoisotopic (exact) mass is 427 g/mol. The van der Waals surface area contributed by atoms with Crippen molar-refractivity contribution >= 4 is 43.0 Å². The number of nitrogens with zero attached hydrogens (tertiary/aromatic N) is 3. The summed E-state index contributed by atoms with van der Waals surface area (Å²) >= 11 is 7.10. The number of pyridine rings is 1. The molecule has 4 rings (SSSR count). The zero-order chi connectivity index (χ0) is 15.8. The Labute approximate surface area is 150 Å². The van der Waals surface area contributed by atoms with Gasteiger partial charge in [0, 0.05) is 26.4 Å². The third-order valence-electron chi connectivity index (χ3n) is 3.55. The van der Waals surface area contributed by atoms with Crippen molar-refractivity contribution in [1.29, 1.82) is 0 Å². The van der Waals surface area contributed by atoms with Gasteiger partial charge in [-0.15, -0.1) is 0 Å². The molecule has 2 heterocycles. The fraction of sp³-hybridized carbons (Fsp3) is 0. The van der Waals surface area contributed by atoms with E-state index in [1.807, 2.05) is 36.4 Å². The van der Waals surface area contributed by atoms with E-state index in [0.29, 0.717) is 0 Å². The number of para-hydroxylation sites is 1. The van der Waals surface area contributed by atoms with Gasteiger partial charge in [-0.2, -0.15) is 0 Å². The van der Waals surface area contributed by atoms with E-state index in [9.17, 15) is 0 Å². The van der Waals surface area contributed by atoms with Crippen molar-refractivity contribution in [3.63, 3.8) is 0 Å². The average Bonchev–Trinajstić information content (AvgIpc) is 2.94. The molecule has 0 fully saturated rings. The van der Waals surface area contributed by atoms with Crippen LogP contribution in [-0.2, 0) is 0 Å². The molecule has 0 radical (unpaired) electrons. The number of rotatable bonds is 2. The lowest BCUT2D eigenvalue weighted by molar-refractivity contribution is 1.08. The highest BCUT2D eigenvalue weighted by molar-refractivity contribution is 9.11. The van der Waals surface area contributed by atoms with Crippen LogP contribution < -0.4 is 0 Å². The van der Waals surface area contributed by atoms with Crippen LogP contribution in [0, 0.1) is 0 Å². The zero-order valence-electron chi connectivity index (χ0n) is 11.9. The second-order valence-corrected chi connectivity index (χ2v) is 6.94. The minimum atomic E-state index is 0.852. The highest BCUT2D eigenvalue weighted by Crippen LogP contribution is 2.31. The number of aromatic nitrogens is 3. The van der Waals surface area contributed by atoms with Gasteiger partial charge in [-0.1, -0.05) is 50.1 Å². The Balaban J connectivity index is 2.07. The predicted molar refractivity (Wildman–Crippen MR) is 99.7 cm³/mol. The summed E-state index contributed by atoms with van der Waals surface area (Å²) in [7, 11) is 0. The number of benzene rings is 2. The molecular formula is C18H11Br2N3. The summed E-state index contributed by atoms with van der Waals surface area (Å²) in [5, 5.41) is 0. The van der Waals surface area contributed by atoms with Crippen LogP contribution in [0.2, 0.25) is 0 Å². The maximum atomic E-state index is 4.80. The number of halogens is 2. The van der Waals surface area contributed by atoms with Crippen molar-refractivity contribution in [2.45, 2.75) is 0 Å². The van der Waals surface area contributed by atoms with Crippen molar-refractivity contribution in [2.75, 3.05) is 0 Å². The van der Waals surface area contributed by atoms with Crippen LogP contribution in [0.15, 0.2) is 75.8 Å². The Morgan fingerprint density at radius 1 is 0.826 bits per heavy atom. The maximum Gasteiger partial charge on any atom is 0.164 e. The SMILES string of the molecule is Brc1cc(Br)cc(-c2nc3cccnc3n2-c2ccccc2)c1. The van der Waals surface area contributed by atoms with Crippen LogP contribution in [0.5, 0.6) is 0 Å². The molecule has 112 valence electrons. The number of fused-ring (bicyclic) bond motifs is 1. The van der Waals surface area contributed by atoms with Crippen molar-refractivity contribution < 1.29 is 0 Å². The molecule has 3 nitrogen and oxygen atoms in total. The van der Waals surface area contributed by atoms with E-state index in [1.165, 1.54) is 0 Å². The quantitative estimate of drug-likeness (QED) is 0.415. The Morgan fingerprint density at radius 2 is 1.57 bits per heavy atom. The fourth-order valence-corrected chi connectivity index (χ4v) is 3.90. The molecule has 5 heteroatoms. The molecule has 0 aliphatic carbocycles. The van der Waals surface area contributed by atoms with E-state index in [-0.39, 0.29) is 0 Å². The van der Waals surface area contributed by atoms with E-state index >= 15 is 0 Å². The normalized spacial score (nSPS) is 11.0. The number of hydrogen-bond donors (Lipinski definition) is 0. The van der Waals surface area contributed by atoms with Crippen molar-refractivity contribution in [3.8, 4) is 17.1 Å². The molecule has 0 bridgehead atoms. The molecular weight excluding hydrogens is 418 g/mol. The van der Waals surface area contributed by atoms with Gasteiger partial charge in [0.25, 0.3) is 0 Å². The van der Waals surface area contributed by atoms with Gasteiger partial charge in [0.15, 0.2) is 5.65 Å². The summed E-state index contributed by atoms with van der Waals surface area (Å²) in [5.41, 5.74) is 3.79. The summed E-state index contributed by atoms with van der Waals surface area (Å²) in [6, 6.07) is 20.2. The lowest BCUT2D eigenvalue weighted by Crippen LogP contribution is -1.98. The molecule has 2 aromatic heterocycles. The van der Waals surface area contributed by atoms with Crippen LogP contribution in [-0.4, -0.2) is 14.5 Å². The Morgan fingerprint density at radius 3 is 2.30 bits per heavy atom. The van der Waals surface area contributed by atoms with Crippen molar-refractivity contribution in [2.24, 2.45) is 0 Å². The molecule has 0 atom stereocenters. The second kappa shape index (κ2) is 5.91. The van der Waals surface area contributed by atoms with E-state index in [0.717, 1.165) is 37.2 Å². The summed E-state index contributed by atoms with van der Waals surface area (Å²) < 4.78 is 4.09. The zero-order valence-corrected chi connectivity index (χ0v) is 15.1. The molecule has 0 saturated carbocycles. The highest BCUT2D eigenvalue weighted by atomic mass is 79.9. The maximum absolute atomic E-state index is 4.80. The topological polar surface area (TPSA) is 30.7 Å². The first kappa shape index (κ1) is 14.6. The van der Waals surface area contributed by atoms with Crippen LogP contribution in [0.4, 0.5) is 0 Å². The molecule has 23 heavy (non-hydrogen) atoms. The lowest BCUT2D eigenvalue weighted by Gasteiger charge is -2.09. The number of hydrogen-bond acceptors (Lipinski definition) is 2. The lowest BCUT2D eigenvalue weighted by atomic mass is 10.2. The van der Waals surface area contributed by atoms with E-state index in [4.69, 9.17) is 4.98 Å². The van der Waals surface area contributed by atoms with Crippen molar-refractivity contribution in [3.05, 3.63) is 75.8 Å². The summed E-state index contributed by atoms with van der Waals surface area (Å²) in [5.74, 6) is 0.868. The fourth-order valence-electron chi connectivity index (χ4n) is 2.61. The third-order valence-corrected chi connectivity index (χ3v) is 4.47. The first-order chi connectivity index (χ1) is 11.2. The smallest absolute Gasteiger partial charge is 0.164 e. The molecule has 0 saturated heterocycles. The first-order valence-corrected chi connectivity index (χ1v) is 8.66. The highest BCUT2D eigenvalue weighted by Gasteiger charge is 2.15. The minimum Gasteiger partial charge on any atom is -0.277 e. The van der Waals surface area contributed by atoms with Gasteiger partial charge >= 0.3 is 0 Å². The molecule has 0 N–H and O–H groups in total. The average molecular weight is 429 g/mol. The molecule has 0 unspecified atom stereocenters. The molecule has 0 amide bonds. The van der Waals surface area contributed by atoms with Gasteiger partial charge in [0.2, 0.25) is 0 Å². The van der Waals surface area contributed by atoms with Crippen LogP contribution in [0.1, 0.15) is 0 Å². The van der Waals surface area contributed by atoms with Crippen LogP contribution in [0.3, 0.4) is 0 Å². The molecule has 0 spiro atoms. The molecule has 0 aliphatic heterocycles. The van der Waals surface area contributed by atoms with E-state index in [2.05, 4.69) is 65.7 Å². The van der Waals surface area contributed by atoms with E-state index < -0.39 is 0 Å². The predicted octanol–water partition coefficient (Wildman–Crippen LogP) is 5.61. The summed E-state index contributed by atoms with van der Waals surface area (Å²) in [6.07, 6.45) is 1.80. The third kappa shape index (κ3) is 2.71. The first-order valence-electron chi connectivity index (χ1n) is 7.08. The standard InChI is InChI=1S/C18H11Br2N3/c19-13-9-12(10-14(20)11-13)17-22-16-7-4-8-21-18(16)23(17)15-5-2-1-3-6-15/h1-11H. The van der Waals surface area contributed by atoms with Gasteiger partial charge in [0.1, 0.15) is 11.3 Å². The molecule has 4 aromatic rings. The van der Waals surface area contributed by atoms with Gasteiger partial charge in [-0.05, 0) is 42.5 Å². The Hall–Kier alpha value is -1.98. The van der Waals surface area contributed by atoms with Crippen LogP contribution in [0.25, 0.3) is 28.2 Å². The minimum absolute atomic E-state index is 0.852. The van der Waals surface area contributed by atoms with Gasteiger partial charge in [0.05, 0.1) is 0 Å². The second-order valence-electron chi connectivity index (χ2n) is 5.11.